The van der Waals surface area contributed by atoms with Gasteiger partial charge in [0.15, 0.2) is 17.4 Å². The third kappa shape index (κ3) is 4.64. The quantitative estimate of drug-likeness (QED) is 0.649. The molecule has 0 atom stereocenters. The summed E-state index contributed by atoms with van der Waals surface area (Å²) in [4.78, 5) is 23.2. The number of rotatable bonds is 7. The van der Waals surface area contributed by atoms with Crippen LogP contribution in [-0.4, -0.2) is 35.8 Å². The molecule has 0 radical (unpaired) electrons. The van der Waals surface area contributed by atoms with Crippen LogP contribution < -0.4 is 9.64 Å². The van der Waals surface area contributed by atoms with E-state index < -0.39 is 6.16 Å². The van der Waals surface area contributed by atoms with Crippen LogP contribution in [0.2, 0.25) is 5.02 Å². The van der Waals surface area contributed by atoms with Crippen LogP contribution in [0.1, 0.15) is 33.4 Å². The Morgan fingerprint density at radius 3 is 2.27 bits per heavy atom. The molecule has 1 aromatic heterocycles. The van der Waals surface area contributed by atoms with E-state index >= 15 is 0 Å². The lowest BCUT2D eigenvalue weighted by molar-refractivity contribution is 0.104. The summed E-state index contributed by atoms with van der Waals surface area (Å²) in [5, 5.41) is 0.649. The zero-order valence-electron chi connectivity index (χ0n) is 15.6. The Labute approximate surface area is 159 Å². The zero-order valence-corrected chi connectivity index (χ0v) is 16.3. The second-order valence-electron chi connectivity index (χ2n) is 5.46. The Kier molecular flexibility index (Phi) is 7.21. The smallest absolute Gasteiger partial charge is 0.434 e. The summed E-state index contributed by atoms with van der Waals surface area (Å²) in [6, 6.07) is 7.34. The van der Waals surface area contributed by atoms with Crippen molar-refractivity contribution in [3.05, 3.63) is 35.0 Å². The number of benzene rings is 1. The van der Waals surface area contributed by atoms with Gasteiger partial charge in [-0.15, -0.1) is 0 Å². The predicted octanol–water partition coefficient (Wildman–Crippen LogP) is 4.74. The van der Waals surface area contributed by atoms with Gasteiger partial charge in [-0.1, -0.05) is 18.5 Å². The normalized spacial score (nSPS) is 10.5. The fourth-order valence-corrected chi connectivity index (χ4v) is 2.65. The Morgan fingerprint density at radius 2 is 1.73 bits per heavy atom. The summed E-state index contributed by atoms with van der Waals surface area (Å²) < 4.78 is 10.4. The van der Waals surface area contributed by atoms with E-state index in [2.05, 4.69) is 9.97 Å². The maximum atomic E-state index is 11.9. The molecule has 1 aromatic carbocycles. The first-order chi connectivity index (χ1) is 12.5. The molecule has 2 aromatic rings. The van der Waals surface area contributed by atoms with Crippen molar-refractivity contribution < 1.29 is 14.3 Å². The number of aromatic nitrogens is 2. The van der Waals surface area contributed by atoms with Crippen molar-refractivity contribution in [1.82, 2.24) is 9.97 Å². The molecule has 0 aliphatic heterocycles. The number of carbonyl (C=O) groups excluding carboxylic acids is 1. The number of nitrogens with zero attached hydrogens (tertiary/aromatic N) is 3. The minimum absolute atomic E-state index is 0.241. The molecule has 0 amide bonds. The molecule has 0 spiro atoms. The highest BCUT2D eigenvalue weighted by Crippen LogP contribution is 2.33. The molecule has 2 rings (SSSR count). The fraction of sp³-hybridized carbons (Fsp3) is 0.421. The number of halogens is 1. The maximum Gasteiger partial charge on any atom is 0.514 e. The highest BCUT2D eigenvalue weighted by atomic mass is 35.5. The summed E-state index contributed by atoms with van der Waals surface area (Å²) in [6.07, 6.45) is -0.162. The first-order valence-electron chi connectivity index (χ1n) is 8.80. The molecule has 140 valence electrons. The molecule has 0 aliphatic carbocycles. The number of aryl methyl sites for hydroxylation is 1. The molecule has 0 saturated heterocycles. The SMILES string of the molecule is CCOC(=O)Oc1c(CC)nc(-c2ccc(Cl)cc2)nc1N(CC)CC. The fourth-order valence-electron chi connectivity index (χ4n) is 2.52. The lowest BCUT2D eigenvalue weighted by atomic mass is 10.2. The number of carbonyl (C=O) groups is 1. The van der Waals surface area contributed by atoms with Crippen molar-refractivity contribution in [2.24, 2.45) is 0 Å². The average molecular weight is 378 g/mol. The third-order valence-electron chi connectivity index (χ3n) is 3.87. The Bertz CT molecular complexity index is 746. The van der Waals surface area contributed by atoms with Gasteiger partial charge < -0.3 is 14.4 Å². The summed E-state index contributed by atoms with van der Waals surface area (Å²) in [7, 11) is 0. The van der Waals surface area contributed by atoms with Gasteiger partial charge in [-0.25, -0.2) is 14.8 Å². The highest BCUT2D eigenvalue weighted by Gasteiger charge is 2.22. The second kappa shape index (κ2) is 9.38. The van der Waals surface area contributed by atoms with Gasteiger partial charge in [0.2, 0.25) is 0 Å². The molecule has 26 heavy (non-hydrogen) atoms. The minimum atomic E-state index is -0.751. The van der Waals surface area contributed by atoms with E-state index in [-0.39, 0.29) is 6.61 Å². The van der Waals surface area contributed by atoms with Crippen LogP contribution in [0.5, 0.6) is 5.75 Å². The van der Waals surface area contributed by atoms with Gasteiger partial charge in [-0.05, 0) is 51.5 Å². The van der Waals surface area contributed by atoms with Crippen molar-refractivity contribution in [2.45, 2.75) is 34.1 Å². The van der Waals surface area contributed by atoms with E-state index in [0.29, 0.717) is 34.5 Å². The Morgan fingerprint density at radius 1 is 1.08 bits per heavy atom. The summed E-state index contributed by atoms with van der Waals surface area (Å²) in [5.74, 6) is 1.50. The van der Waals surface area contributed by atoms with Gasteiger partial charge in [0, 0.05) is 23.7 Å². The molecule has 7 heteroatoms. The third-order valence-corrected chi connectivity index (χ3v) is 4.12. The largest absolute Gasteiger partial charge is 0.514 e. The van der Waals surface area contributed by atoms with E-state index in [9.17, 15) is 4.79 Å². The van der Waals surface area contributed by atoms with Crippen LogP contribution in [0.15, 0.2) is 24.3 Å². The van der Waals surface area contributed by atoms with Crippen LogP contribution in [0, 0.1) is 0 Å². The highest BCUT2D eigenvalue weighted by molar-refractivity contribution is 6.30. The van der Waals surface area contributed by atoms with Crippen LogP contribution in [0.25, 0.3) is 11.4 Å². The Balaban J connectivity index is 2.58. The average Bonchev–Trinajstić information content (AvgIpc) is 2.64. The first-order valence-corrected chi connectivity index (χ1v) is 9.18. The van der Waals surface area contributed by atoms with Crippen molar-refractivity contribution in [3.63, 3.8) is 0 Å². The molecule has 0 N–H and O–H groups in total. The van der Waals surface area contributed by atoms with Gasteiger partial charge in [0.25, 0.3) is 0 Å². The molecular weight excluding hydrogens is 354 g/mol. The van der Waals surface area contributed by atoms with E-state index in [4.69, 9.17) is 21.1 Å². The van der Waals surface area contributed by atoms with E-state index in [1.54, 1.807) is 19.1 Å². The molecule has 0 unspecified atom stereocenters. The number of ether oxygens (including phenoxy) is 2. The molecule has 0 bridgehead atoms. The molecule has 0 saturated carbocycles. The number of hydrogen-bond acceptors (Lipinski definition) is 6. The maximum absolute atomic E-state index is 11.9. The molecule has 1 heterocycles. The molecule has 0 aliphatic rings. The topological polar surface area (TPSA) is 64.5 Å². The van der Waals surface area contributed by atoms with Crippen molar-refractivity contribution in [1.29, 1.82) is 0 Å². The zero-order chi connectivity index (χ0) is 19.1. The van der Waals surface area contributed by atoms with Gasteiger partial charge in [0.05, 0.1) is 12.3 Å². The molecule has 0 fully saturated rings. The first kappa shape index (κ1) is 20.0. The summed E-state index contributed by atoms with van der Waals surface area (Å²) in [5.41, 5.74) is 1.50. The standard InChI is InChI=1S/C19H24ClN3O3/c1-5-15-16(26-19(24)25-8-4)18(23(6-2)7-3)22-17(21-15)13-9-11-14(20)12-10-13/h9-12H,5-8H2,1-4H3. The molecule has 6 nitrogen and oxygen atoms in total. The minimum Gasteiger partial charge on any atom is -0.434 e. The van der Waals surface area contributed by atoms with Gasteiger partial charge in [0.1, 0.15) is 0 Å². The number of anilines is 1. The van der Waals surface area contributed by atoms with Crippen LogP contribution >= 0.6 is 11.6 Å². The van der Waals surface area contributed by atoms with E-state index in [1.807, 2.05) is 37.8 Å². The summed E-state index contributed by atoms with van der Waals surface area (Å²) in [6.45, 7) is 9.41. The Hall–Kier alpha value is -2.34. The van der Waals surface area contributed by atoms with E-state index in [0.717, 1.165) is 18.7 Å². The monoisotopic (exact) mass is 377 g/mol. The predicted molar refractivity (Wildman–Crippen MR) is 103 cm³/mol. The van der Waals surface area contributed by atoms with Gasteiger partial charge in [-0.3, -0.25) is 0 Å². The van der Waals surface area contributed by atoms with Crippen molar-refractivity contribution >= 4 is 23.6 Å². The van der Waals surface area contributed by atoms with Crippen LogP contribution in [0.4, 0.5) is 10.6 Å². The lowest BCUT2D eigenvalue weighted by Crippen LogP contribution is -2.26. The summed E-state index contributed by atoms with van der Waals surface area (Å²) >= 11 is 5.98. The number of hydrogen-bond donors (Lipinski definition) is 0. The van der Waals surface area contributed by atoms with Crippen molar-refractivity contribution in [2.75, 3.05) is 24.6 Å². The van der Waals surface area contributed by atoms with Gasteiger partial charge >= 0.3 is 6.16 Å². The lowest BCUT2D eigenvalue weighted by Gasteiger charge is -2.24. The van der Waals surface area contributed by atoms with E-state index in [1.165, 1.54) is 0 Å². The second-order valence-corrected chi connectivity index (χ2v) is 5.90. The van der Waals surface area contributed by atoms with Crippen LogP contribution in [-0.2, 0) is 11.2 Å². The van der Waals surface area contributed by atoms with Crippen molar-refractivity contribution in [3.8, 4) is 17.1 Å². The van der Waals surface area contributed by atoms with Crippen LogP contribution in [0.3, 0.4) is 0 Å². The van der Waals surface area contributed by atoms with Gasteiger partial charge in [-0.2, -0.15) is 0 Å². The molecular formula is C19H24ClN3O3.